The van der Waals surface area contributed by atoms with Crippen molar-refractivity contribution in [2.75, 3.05) is 32.0 Å². The number of carbonyl (C=O) groups excluding carboxylic acids is 2. The SMILES string of the molecule is CN(CC(=O)Nc1ccccc1Cl)C(=O)C1CCN(S(=O)(=O)c2cc(F)ccc2F)CC1. The molecular formula is C21H22ClF2N3O4S. The van der Waals surface area contributed by atoms with Crippen molar-refractivity contribution in [3.63, 3.8) is 0 Å². The van der Waals surface area contributed by atoms with Crippen molar-refractivity contribution in [2.45, 2.75) is 17.7 Å². The second-order valence-corrected chi connectivity index (χ2v) is 9.79. The van der Waals surface area contributed by atoms with Crippen LogP contribution >= 0.6 is 11.6 Å². The molecule has 0 saturated carbocycles. The van der Waals surface area contributed by atoms with Gasteiger partial charge < -0.3 is 10.2 Å². The van der Waals surface area contributed by atoms with Crippen molar-refractivity contribution in [3.05, 3.63) is 59.1 Å². The number of benzene rings is 2. The lowest BCUT2D eigenvalue weighted by molar-refractivity contribution is -0.138. The van der Waals surface area contributed by atoms with Crippen LogP contribution < -0.4 is 5.32 Å². The number of para-hydroxylation sites is 1. The summed E-state index contributed by atoms with van der Waals surface area (Å²) >= 11 is 6.01. The molecule has 172 valence electrons. The molecule has 0 spiro atoms. The smallest absolute Gasteiger partial charge is 0.246 e. The van der Waals surface area contributed by atoms with E-state index < -0.39 is 38.4 Å². The summed E-state index contributed by atoms with van der Waals surface area (Å²) in [4.78, 5) is 25.5. The van der Waals surface area contributed by atoms with E-state index in [4.69, 9.17) is 11.6 Å². The Morgan fingerprint density at radius 1 is 1.16 bits per heavy atom. The Morgan fingerprint density at radius 2 is 1.81 bits per heavy atom. The lowest BCUT2D eigenvalue weighted by atomic mass is 9.96. The third-order valence-corrected chi connectivity index (χ3v) is 7.46. The Kier molecular flexibility index (Phi) is 7.47. The Morgan fingerprint density at radius 3 is 2.47 bits per heavy atom. The number of hydrogen-bond donors (Lipinski definition) is 1. The van der Waals surface area contributed by atoms with Gasteiger partial charge in [-0.25, -0.2) is 17.2 Å². The Bertz CT molecular complexity index is 1120. The van der Waals surface area contributed by atoms with Crippen molar-refractivity contribution >= 4 is 39.1 Å². The second-order valence-electron chi connectivity index (χ2n) is 7.48. The van der Waals surface area contributed by atoms with Crippen LogP contribution in [0.1, 0.15) is 12.8 Å². The van der Waals surface area contributed by atoms with Crippen LogP contribution in [0.3, 0.4) is 0 Å². The van der Waals surface area contributed by atoms with Crippen molar-refractivity contribution in [2.24, 2.45) is 5.92 Å². The van der Waals surface area contributed by atoms with Gasteiger partial charge in [0.2, 0.25) is 21.8 Å². The van der Waals surface area contributed by atoms with Crippen molar-refractivity contribution in [1.82, 2.24) is 9.21 Å². The van der Waals surface area contributed by atoms with Crippen LogP contribution in [0.15, 0.2) is 47.4 Å². The molecule has 1 aliphatic rings. The first-order chi connectivity index (χ1) is 15.1. The molecule has 2 aromatic carbocycles. The topological polar surface area (TPSA) is 86.8 Å². The fourth-order valence-corrected chi connectivity index (χ4v) is 5.24. The average Bonchev–Trinajstić information content (AvgIpc) is 2.76. The molecule has 32 heavy (non-hydrogen) atoms. The summed E-state index contributed by atoms with van der Waals surface area (Å²) in [7, 11) is -2.74. The number of nitrogens with one attached hydrogen (secondary N) is 1. The van der Waals surface area contributed by atoms with Gasteiger partial charge >= 0.3 is 0 Å². The maximum Gasteiger partial charge on any atom is 0.246 e. The number of amides is 2. The van der Waals surface area contributed by atoms with E-state index in [9.17, 15) is 26.8 Å². The molecule has 0 aliphatic carbocycles. The van der Waals surface area contributed by atoms with Gasteiger partial charge in [0.1, 0.15) is 16.5 Å². The summed E-state index contributed by atoms with van der Waals surface area (Å²) in [5.74, 6) is -3.10. The minimum absolute atomic E-state index is 0.0195. The van der Waals surface area contributed by atoms with E-state index in [1.54, 1.807) is 24.3 Å². The zero-order valence-electron chi connectivity index (χ0n) is 17.2. The summed E-state index contributed by atoms with van der Waals surface area (Å²) in [5.41, 5.74) is 0.433. The minimum atomic E-state index is -4.23. The number of piperidine rings is 1. The normalized spacial score (nSPS) is 15.4. The molecule has 1 heterocycles. The number of rotatable bonds is 6. The number of nitrogens with zero attached hydrogens (tertiary/aromatic N) is 2. The highest BCUT2D eigenvalue weighted by molar-refractivity contribution is 7.89. The molecule has 1 fully saturated rings. The first-order valence-corrected chi connectivity index (χ1v) is 11.7. The summed E-state index contributed by atoms with van der Waals surface area (Å²) in [5, 5.41) is 3.01. The largest absolute Gasteiger partial charge is 0.336 e. The highest BCUT2D eigenvalue weighted by Crippen LogP contribution is 2.27. The average molecular weight is 486 g/mol. The number of halogens is 3. The maximum absolute atomic E-state index is 14.0. The number of sulfonamides is 1. The molecule has 0 unspecified atom stereocenters. The van der Waals surface area contributed by atoms with E-state index in [0.29, 0.717) is 16.8 Å². The van der Waals surface area contributed by atoms with Gasteiger partial charge in [0.15, 0.2) is 0 Å². The first kappa shape index (κ1) is 24.1. The van der Waals surface area contributed by atoms with E-state index >= 15 is 0 Å². The van der Waals surface area contributed by atoms with Crippen LogP contribution in [0.5, 0.6) is 0 Å². The lowest BCUT2D eigenvalue weighted by Gasteiger charge is -2.32. The van der Waals surface area contributed by atoms with Gasteiger partial charge in [0, 0.05) is 26.1 Å². The van der Waals surface area contributed by atoms with E-state index in [2.05, 4.69) is 5.32 Å². The van der Waals surface area contributed by atoms with Gasteiger partial charge in [-0.15, -0.1) is 0 Å². The summed E-state index contributed by atoms with van der Waals surface area (Å²) < 4.78 is 53.8. The van der Waals surface area contributed by atoms with Crippen LogP contribution in [0.2, 0.25) is 5.02 Å². The number of carbonyl (C=O) groups is 2. The fraction of sp³-hybridized carbons (Fsp3) is 0.333. The molecule has 7 nitrogen and oxygen atoms in total. The van der Waals surface area contributed by atoms with Crippen molar-refractivity contribution < 1.29 is 26.8 Å². The number of likely N-dealkylation sites (N-methyl/N-ethyl adjacent to an activating group) is 1. The lowest BCUT2D eigenvalue weighted by Crippen LogP contribution is -2.45. The van der Waals surface area contributed by atoms with E-state index in [-0.39, 0.29) is 38.4 Å². The quantitative estimate of drug-likeness (QED) is 0.681. The van der Waals surface area contributed by atoms with Crippen LogP contribution in [0.4, 0.5) is 14.5 Å². The summed E-state index contributed by atoms with van der Waals surface area (Å²) in [6, 6.07) is 8.96. The van der Waals surface area contributed by atoms with Crippen molar-refractivity contribution in [1.29, 1.82) is 0 Å². The van der Waals surface area contributed by atoms with Gasteiger partial charge in [-0.3, -0.25) is 9.59 Å². The molecule has 3 rings (SSSR count). The molecule has 0 bridgehead atoms. The third kappa shape index (κ3) is 5.43. The molecule has 1 saturated heterocycles. The molecule has 0 radical (unpaired) electrons. The van der Waals surface area contributed by atoms with E-state index in [1.165, 1.54) is 11.9 Å². The highest BCUT2D eigenvalue weighted by Gasteiger charge is 2.35. The molecule has 0 atom stereocenters. The maximum atomic E-state index is 14.0. The molecule has 1 N–H and O–H groups in total. The van der Waals surface area contributed by atoms with Crippen LogP contribution in [0.25, 0.3) is 0 Å². The Balaban J connectivity index is 1.57. The second kappa shape index (κ2) is 9.93. The molecule has 0 aromatic heterocycles. The zero-order chi connectivity index (χ0) is 23.5. The van der Waals surface area contributed by atoms with Gasteiger partial charge in [-0.2, -0.15) is 4.31 Å². The highest BCUT2D eigenvalue weighted by atomic mass is 35.5. The van der Waals surface area contributed by atoms with Gasteiger partial charge in [0.25, 0.3) is 0 Å². The predicted octanol–water partition coefficient (Wildman–Crippen LogP) is 3.12. The standard InChI is InChI=1S/C21H22ClF2N3O4S/c1-26(13-20(28)25-18-5-3-2-4-16(18)22)21(29)14-8-10-27(11-9-14)32(30,31)19-12-15(23)6-7-17(19)24/h2-7,12,14H,8-11,13H2,1H3,(H,25,28). The zero-order valence-corrected chi connectivity index (χ0v) is 18.8. The molecule has 11 heteroatoms. The van der Waals surface area contributed by atoms with Gasteiger partial charge in [0.05, 0.1) is 17.3 Å². The summed E-state index contributed by atoms with van der Waals surface area (Å²) in [6.45, 7) is -0.236. The predicted molar refractivity (Wildman–Crippen MR) is 116 cm³/mol. The van der Waals surface area contributed by atoms with Crippen LogP contribution in [-0.2, 0) is 19.6 Å². The number of hydrogen-bond acceptors (Lipinski definition) is 4. The fourth-order valence-electron chi connectivity index (χ4n) is 3.51. The van der Waals surface area contributed by atoms with Gasteiger partial charge in [-0.05, 0) is 43.2 Å². The van der Waals surface area contributed by atoms with Crippen LogP contribution in [-0.4, -0.2) is 56.1 Å². The van der Waals surface area contributed by atoms with Gasteiger partial charge in [-0.1, -0.05) is 23.7 Å². The Hall–Kier alpha value is -2.56. The van der Waals surface area contributed by atoms with E-state index in [0.717, 1.165) is 16.4 Å². The van der Waals surface area contributed by atoms with Crippen LogP contribution in [0, 0.1) is 17.6 Å². The first-order valence-electron chi connectivity index (χ1n) is 9.84. The summed E-state index contributed by atoms with van der Waals surface area (Å²) in [6.07, 6.45) is 0.400. The van der Waals surface area contributed by atoms with Crippen molar-refractivity contribution in [3.8, 4) is 0 Å². The van der Waals surface area contributed by atoms with E-state index in [1.807, 2.05) is 0 Å². The molecule has 2 amide bonds. The Labute approximate surface area is 190 Å². The molecule has 1 aliphatic heterocycles. The molecular weight excluding hydrogens is 464 g/mol. The molecule has 2 aromatic rings. The third-order valence-electron chi connectivity index (χ3n) is 5.22. The monoisotopic (exact) mass is 485 g/mol. The number of anilines is 1. The minimum Gasteiger partial charge on any atom is -0.336 e.